The van der Waals surface area contributed by atoms with E-state index in [2.05, 4.69) is 315 Å². The Morgan fingerprint density at radius 1 is 0.110 bits per heavy atom. The van der Waals surface area contributed by atoms with Crippen LogP contribution >= 0.6 is 0 Å². The van der Waals surface area contributed by atoms with Crippen LogP contribution < -0.4 is 0 Å². The summed E-state index contributed by atoms with van der Waals surface area (Å²) in [6.45, 7) is 0. The molecule has 0 N–H and O–H groups in total. The zero-order valence-corrected chi connectivity index (χ0v) is 53.7. The third-order valence-electron chi connectivity index (χ3n) is 22.0. The van der Waals surface area contributed by atoms with E-state index < -0.39 is 0 Å². The maximum absolute atomic E-state index is 7.15. The lowest BCUT2D eigenvalue weighted by atomic mass is 9.75. The van der Waals surface area contributed by atoms with Crippen LogP contribution in [0.4, 0.5) is 0 Å². The van der Waals surface area contributed by atoms with Crippen LogP contribution in [0.5, 0.6) is 0 Å². The smallest absolute Gasteiger partial charge is 0.143 e. The van der Waals surface area contributed by atoms with Crippen LogP contribution in [-0.2, 0) is 0 Å². The molecule has 0 bridgehead atoms. The van der Waals surface area contributed by atoms with E-state index in [4.69, 9.17) is 17.7 Å². The molecule has 23 rings (SSSR count). The molecule has 0 spiro atoms. The molecular weight excluding hydrogens is 1220 g/mol. The molecule has 4 heterocycles. The molecule has 18 aromatic carbocycles. The lowest BCUT2D eigenvalue weighted by molar-refractivity contribution is 0.669. The molecule has 22 aromatic rings. The number of hydrogen-bond donors (Lipinski definition) is 0. The van der Waals surface area contributed by atoms with Gasteiger partial charge in [0.2, 0.25) is 0 Å². The van der Waals surface area contributed by atoms with Gasteiger partial charge in [-0.05, 0) is 204 Å². The van der Waals surface area contributed by atoms with Crippen molar-refractivity contribution in [3.63, 3.8) is 0 Å². The summed E-state index contributed by atoms with van der Waals surface area (Å²) in [6.07, 6.45) is 0. The van der Waals surface area contributed by atoms with Crippen LogP contribution in [0.2, 0.25) is 0 Å². The SMILES string of the molecule is c1ccc2c(c1)oc1c(-c3cc4c(cc3-c3cccc5c3oc3ccccc35)-c3cc5c6ccccc6c6ccccc6c5cc3-c3cc(-c5cccc6c5oc5ccccc56)c(-c5cccc6c5oc5ccccc56)cc3-c3cc5c6ccccc6c6ccccc6c5cc3-4)cccc12. The highest BCUT2D eigenvalue weighted by Crippen LogP contribution is 2.58. The molecular formula is C96H52O4. The second kappa shape index (κ2) is 20.2. The monoisotopic (exact) mass is 1270 g/mol. The number of rotatable bonds is 4. The molecule has 4 nitrogen and oxygen atoms in total. The maximum atomic E-state index is 7.15. The van der Waals surface area contributed by atoms with Gasteiger partial charge < -0.3 is 17.7 Å². The molecule has 460 valence electrons. The van der Waals surface area contributed by atoms with Crippen molar-refractivity contribution in [1.29, 1.82) is 0 Å². The van der Waals surface area contributed by atoms with Gasteiger partial charge in [-0.3, -0.25) is 0 Å². The van der Waals surface area contributed by atoms with Crippen molar-refractivity contribution in [1.82, 2.24) is 0 Å². The summed E-state index contributed by atoms with van der Waals surface area (Å²) < 4.78 is 28.6. The number of fused-ring (bicyclic) bond motifs is 32. The van der Waals surface area contributed by atoms with Gasteiger partial charge in [0.25, 0.3) is 0 Å². The van der Waals surface area contributed by atoms with Crippen LogP contribution in [0, 0.1) is 0 Å². The number of para-hydroxylation sites is 8. The molecule has 0 atom stereocenters. The van der Waals surface area contributed by atoms with Crippen molar-refractivity contribution in [2.24, 2.45) is 0 Å². The predicted octanol–water partition coefficient (Wildman–Crippen LogP) is 27.9. The molecule has 1 aliphatic rings. The lowest BCUT2D eigenvalue weighted by Crippen LogP contribution is -2.02. The molecule has 0 amide bonds. The zero-order valence-electron chi connectivity index (χ0n) is 53.7. The number of furan rings is 4. The Morgan fingerprint density at radius 2 is 0.270 bits per heavy atom. The molecule has 0 unspecified atom stereocenters. The van der Waals surface area contributed by atoms with Gasteiger partial charge in [0, 0.05) is 65.3 Å². The Hall–Kier alpha value is -13.3. The van der Waals surface area contributed by atoms with Crippen LogP contribution in [0.1, 0.15) is 0 Å². The third-order valence-corrected chi connectivity index (χ3v) is 22.0. The van der Waals surface area contributed by atoms with E-state index in [1.54, 1.807) is 0 Å². The predicted molar refractivity (Wildman–Crippen MR) is 418 cm³/mol. The van der Waals surface area contributed by atoms with Crippen LogP contribution in [0.3, 0.4) is 0 Å². The molecule has 0 saturated heterocycles. The van der Waals surface area contributed by atoms with Crippen LogP contribution in [0.25, 0.3) is 241 Å². The van der Waals surface area contributed by atoms with Gasteiger partial charge in [-0.2, -0.15) is 0 Å². The normalized spacial score (nSPS) is 12.4. The summed E-state index contributed by atoms with van der Waals surface area (Å²) in [6, 6.07) is 116. The summed E-state index contributed by atoms with van der Waals surface area (Å²) in [5, 5.41) is 22.9. The Balaban J connectivity index is 0.956. The third kappa shape index (κ3) is 7.43. The standard InChI is InChI=1S/C96H52O4/c1-5-25-57-53(21-1)54-22-2-6-26-58(54)74-46-82-81(45-73(57)74)85-49-77(69-37-17-33-65-61-29-9-13-41-89(61)97-93(65)69)79(71-39-19-35-67-63-31-11-15-43-91(63)99-95(67)71)51-87(85)83-47-75-59-27-7-3-23-55(59)56-24-4-8-28-60(56)76(75)48-84(83)88-52-80(72-40-20-36-68-64-32-12-16-44-92(64)100-96(68)72)78(50-86(82)88)70-38-18-34-66-62-30-10-14-42-90(62)98-94(66)70/h1-52H. The summed E-state index contributed by atoms with van der Waals surface area (Å²) >= 11 is 0. The van der Waals surface area contributed by atoms with Crippen molar-refractivity contribution >= 4 is 152 Å². The Kier molecular flexibility index (Phi) is 10.9. The van der Waals surface area contributed by atoms with Crippen LogP contribution in [0.15, 0.2) is 333 Å². The van der Waals surface area contributed by atoms with Crippen molar-refractivity contribution < 1.29 is 17.7 Å². The highest BCUT2D eigenvalue weighted by atomic mass is 16.3. The minimum atomic E-state index is 0.829. The summed E-state index contributed by atoms with van der Waals surface area (Å²) in [4.78, 5) is 0. The summed E-state index contributed by atoms with van der Waals surface area (Å²) in [5.74, 6) is 0. The largest absolute Gasteiger partial charge is 0.455 e. The minimum absolute atomic E-state index is 0.829. The zero-order chi connectivity index (χ0) is 65.0. The lowest BCUT2D eigenvalue weighted by Gasteiger charge is -2.28. The summed E-state index contributed by atoms with van der Waals surface area (Å²) in [7, 11) is 0. The molecule has 0 saturated carbocycles. The maximum Gasteiger partial charge on any atom is 0.143 e. The average Bonchev–Trinajstić information content (AvgIpc) is 0.740. The van der Waals surface area contributed by atoms with Crippen molar-refractivity contribution in [2.75, 3.05) is 0 Å². The summed E-state index contributed by atoms with van der Waals surface area (Å²) in [5.41, 5.74) is 23.5. The van der Waals surface area contributed by atoms with Gasteiger partial charge >= 0.3 is 0 Å². The van der Waals surface area contributed by atoms with E-state index in [0.29, 0.717) is 0 Å². The van der Waals surface area contributed by atoms with Gasteiger partial charge in [-0.1, -0.05) is 243 Å². The van der Waals surface area contributed by atoms with Gasteiger partial charge in [0.1, 0.15) is 44.7 Å². The van der Waals surface area contributed by atoms with Gasteiger partial charge in [-0.25, -0.2) is 0 Å². The van der Waals surface area contributed by atoms with Crippen molar-refractivity contribution in [3.05, 3.63) is 315 Å². The highest BCUT2D eigenvalue weighted by Gasteiger charge is 2.32. The topological polar surface area (TPSA) is 52.6 Å². The molecule has 100 heavy (non-hydrogen) atoms. The highest BCUT2D eigenvalue weighted by molar-refractivity contribution is 6.30. The van der Waals surface area contributed by atoms with E-state index in [9.17, 15) is 0 Å². The van der Waals surface area contributed by atoms with Gasteiger partial charge in [0.05, 0.1) is 0 Å². The van der Waals surface area contributed by atoms with Crippen LogP contribution in [-0.4, -0.2) is 0 Å². The average molecular weight is 1270 g/mol. The first-order valence-corrected chi connectivity index (χ1v) is 34.3. The second-order valence-corrected chi connectivity index (χ2v) is 27.1. The van der Waals surface area contributed by atoms with E-state index in [0.717, 1.165) is 177 Å². The minimum Gasteiger partial charge on any atom is -0.455 e. The van der Waals surface area contributed by atoms with E-state index in [-0.39, 0.29) is 0 Å². The molecule has 0 radical (unpaired) electrons. The Bertz CT molecular complexity index is 6530. The molecule has 4 aromatic heterocycles. The fourth-order valence-electron chi connectivity index (χ4n) is 17.6. The Morgan fingerprint density at radius 3 is 0.490 bits per heavy atom. The number of hydrogen-bond acceptors (Lipinski definition) is 4. The molecule has 0 fully saturated rings. The first-order valence-electron chi connectivity index (χ1n) is 34.3. The van der Waals surface area contributed by atoms with Crippen molar-refractivity contribution in [2.45, 2.75) is 0 Å². The fourth-order valence-corrected chi connectivity index (χ4v) is 17.6. The van der Waals surface area contributed by atoms with E-state index in [1.165, 1.54) is 64.6 Å². The van der Waals surface area contributed by atoms with Gasteiger partial charge in [-0.15, -0.1) is 0 Å². The number of benzene rings is 18. The first kappa shape index (κ1) is 53.9. The second-order valence-electron chi connectivity index (χ2n) is 27.1. The van der Waals surface area contributed by atoms with Crippen molar-refractivity contribution in [3.8, 4) is 89.0 Å². The first-order chi connectivity index (χ1) is 49.6. The van der Waals surface area contributed by atoms with E-state index in [1.807, 2.05) is 0 Å². The Labute approximate surface area is 571 Å². The molecule has 4 heteroatoms. The quantitative estimate of drug-likeness (QED) is 0.165. The molecule has 1 aliphatic carbocycles. The van der Waals surface area contributed by atoms with Gasteiger partial charge in [0.15, 0.2) is 0 Å². The fraction of sp³-hybridized carbons (Fsp3) is 0. The molecule has 0 aliphatic heterocycles. The van der Waals surface area contributed by atoms with E-state index >= 15 is 0 Å².